The van der Waals surface area contributed by atoms with E-state index < -0.39 is 0 Å². The predicted octanol–water partition coefficient (Wildman–Crippen LogP) is 2.96. The molecule has 0 bridgehead atoms. The van der Waals surface area contributed by atoms with Gasteiger partial charge in [0.15, 0.2) is 0 Å². The summed E-state index contributed by atoms with van der Waals surface area (Å²) in [4.78, 5) is 14.0. The van der Waals surface area contributed by atoms with Crippen LogP contribution in [-0.4, -0.2) is 23.4 Å². The van der Waals surface area contributed by atoms with Crippen molar-refractivity contribution < 1.29 is 4.79 Å². The van der Waals surface area contributed by atoms with Gasteiger partial charge in [0.05, 0.1) is 6.04 Å². The van der Waals surface area contributed by atoms with Crippen molar-refractivity contribution in [2.45, 2.75) is 38.9 Å². The van der Waals surface area contributed by atoms with E-state index in [0.29, 0.717) is 0 Å². The zero-order valence-corrected chi connectivity index (χ0v) is 11.6. The second-order valence-corrected chi connectivity index (χ2v) is 5.16. The van der Waals surface area contributed by atoms with Crippen molar-refractivity contribution in [3.63, 3.8) is 0 Å². The van der Waals surface area contributed by atoms with Crippen LogP contribution >= 0.6 is 11.6 Å². The Morgan fingerprint density at radius 1 is 1.33 bits per heavy atom. The van der Waals surface area contributed by atoms with Gasteiger partial charge in [-0.2, -0.15) is 0 Å². The van der Waals surface area contributed by atoms with Gasteiger partial charge in [-0.05, 0) is 31.0 Å². The molecule has 1 N–H and O–H groups in total. The second-order valence-electron chi connectivity index (χ2n) is 4.73. The maximum absolute atomic E-state index is 12.1. The molecular formula is C14H19ClN2O. The van der Waals surface area contributed by atoms with E-state index in [2.05, 4.69) is 12.2 Å². The first-order valence-electron chi connectivity index (χ1n) is 6.45. The van der Waals surface area contributed by atoms with E-state index in [0.717, 1.165) is 30.0 Å². The van der Waals surface area contributed by atoms with Gasteiger partial charge in [-0.25, -0.2) is 0 Å². The molecule has 1 amide bonds. The van der Waals surface area contributed by atoms with Crippen LogP contribution in [0.1, 0.15) is 38.4 Å². The maximum Gasteiger partial charge on any atom is 0.241 e. The first kappa shape index (κ1) is 13.4. The van der Waals surface area contributed by atoms with E-state index in [1.807, 2.05) is 36.1 Å². The lowest BCUT2D eigenvalue weighted by Gasteiger charge is -2.24. The van der Waals surface area contributed by atoms with Crippen LogP contribution in [0.4, 0.5) is 0 Å². The highest BCUT2D eigenvalue weighted by molar-refractivity contribution is 6.30. The average molecular weight is 267 g/mol. The van der Waals surface area contributed by atoms with Crippen LogP contribution in [0.5, 0.6) is 0 Å². The van der Waals surface area contributed by atoms with Gasteiger partial charge in [0, 0.05) is 11.6 Å². The highest BCUT2D eigenvalue weighted by Crippen LogP contribution is 2.26. The predicted molar refractivity (Wildman–Crippen MR) is 73.4 cm³/mol. The Balaban J connectivity index is 2.19. The highest BCUT2D eigenvalue weighted by Gasteiger charge is 2.36. The van der Waals surface area contributed by atoms with Gasteiger partial charge in [0.1, 0.15) is 6.17 Å². The Bertz CT molecular complexity index is 418. The molecule has 1 saturated heterocycles. The quantitative estimate of drug-likeness (QED) is 0.909. The van der Waals surface area contributed by atoms with Crippen LogP contribution < -0.4 is 5.32 Å². The molecule has 1 fully saturated rings. The monoisotopic (exact) mass is 266 g/mol. The normalized spacial score (nSPS) is 23.7. The number of nitrogens with zero attached hydrogens (tertiary/aromatic N) is 1. The minimum absolute atomic E-state index is 0.0173. The Labute approximate surface area is 113 Å². The van der Waals surface area contributed by atoms with E-state index in [4.69, 9.17) is 11.6 Å². The molecule has 2 unspecified atom stereocenters. The standard InChI is InChI=1S/C14H19ClN2O/c1-3-4-9-17-13(16-10(2)14(17)18)11-5-7-12(15)8-6-11/h5-8,10,13,16H,3-4,9H2,1-2H3. The van der Waals surface area contributed by atoms with Crippen molar-refractivity contribution in [1.82, 2.24) is 10.2 Å². The third-order valence-corrected chi connectivity index (χ3v) is 3.56. The fraction of sp³-hybridized carbons (Fsp3) is 0.500. The SMILES string of the molecule is CCCCN1C(=O)C(C)NC1c1ccc(Cl)cc1. The van der Waals surface area contributed by atoms with Crippen molar-refractivity contribution in [2.75, 3.05) is 6.54 Å². The first-order valence-corrected chi connectivity index (χ1v) is 6.83. The summed E-state index contributed by atoms with van der Waals surface area (Å²) in [6, 6.07) is 7.57. The Morgan fingerprint density at radius 2 is 2.00 bits per heavy atom. The van der Waals surface area contributed by atoms with Gasteiger partial charge in [-0.15, -0.1) is 0 Å². The summed E-state index contributed by atoms with van der Waals surface area (Å²) in [5.74, 6) is 0.184. The number of carbonyl (C=O) groups is 1. The topological polar surface area (TPSA) is 32.3 Å². The third kappa shape index (κ3) is 2.68. The number of nitrogens with one attached hydrogen (secondary N) is 1. The Kier molecular flexibility index (Phi) is 4.25. The molecule has 1 aliphatic rings. The fourth-order valence-corrected chi connectivity index (χ4v) is 2.39. The molecule has 0 spiro atoms. The van der Waals surface area contributed by atoms with Crippen LogP contribution in [-0.2, 0) is 4.79 Å². The summed E-state index contributed by atoms with van der Waals surface area (Å²) < 4.78 is 0. The van der Waals surface area contributed by atoms with Gasteiger partial charge in [0.2, 0.25) is 5.91 Å². The van der Waals surface area contributed by atoms with Gasteiger partial charge < -0.3 is 4.90 Å². The van der Waals surface area contributed by atoms with E-state index in [1.54, 1.807) is 0 Å². The molecule has 0 aliphatic carbocycles. The van der Waals surface area contributed by atoms with Crippen molar-refractivity contribution in [1.29, 1.82) is 0 Å². The number of halogens is 1. The largest absolute Gasteiger partial charge is 0.322 e. The summed E-state index contributed by atoms with van der Waals surface area (Å²) in [6.45, 7) is 4.85. The molecule has 1 aromatic rings. The Morgan fingerprint density at radius 3 is 2.61 bits per heavy atom. The van der Waals surface area contributed by atoms with Crippen molar-refractivity contribution in [2.24, 2.45) is 0 Å². The molecule has 98 valence electrons. The molecule has 3 nitrogen and oxygen atoms in total. The lowest BCUT2D eigenvalue weighted by molar-refractivity contribution is -0.129. The van der Waals surface area contributed by atoms with E-state index in [-0.39, 0.29) is 18.1 Å². The minimum atomic E-state index is -0.109. The summed E-state index contributed by atoms with van der Waals surface area (Å²) in [5, 5.41) is 4.05. The molecule has 1 aliphatic heterocycles. The van der Waals surface area contributed by atoms with Crippen LogP contribution in [0.3, 0.4) is 0 Å². The smallest absolute Gasteiger partial charge is 0.241 e. The summed E-state index contributed by atoms with van der Waals surface area (Å²) in [6.07, 6.45) is 2.10. The first-order chi connectivity index (χ1) is 8.63. The molecule has 0 saturated carbocycles. The molecule has 18 heavy (non-hydrogen) atoms. The third-order valence-electron chi connectivity index (χ3n) is 3.31. The van der Waals surface area contributed by atoms with Crippen LogP contribution in [0.15, 0.2) is 24.3 Å². The zero-order valence-electron chi connectivity index (χ0n) is 10.8. The Hall–Kier alpha value is -1.06. The number of amides is 1. The number of rotatable bonds is 4. The van der Waals surface area contributed by atoms with Gasteiger partial charge in [-0.3, -0.25) is 10.1 Å². The molecule has 1 heterocycles. The maximum atomic E-state index is 12.1. The molecule has 0 radical (unpaired) electrons. The number of hydrogen-bond acceptors (Lipinski definition) is 2. The fourth-order valence-electron chi connectivity index (χ4n) is 2.26. The molecule has 4 heteroatoms. The minimum Gasteiger partial charge on any atom is -0.322 e. The number of benzene rings is 1. The van der Waals surface area contributed by atoms with E-state index >= 15 is 0 Å². The summed E-state index contributed by atoms with van der Waals surface area (Å²) >= 11 is 5.89. The molecule has 2 atom stereocenters. The second kappa shape index (κ2) is 5.72. The van der Waals surface area contributed by atoms with Crippen LogP contribution in [0.2, 0.25) is 5.02 Å². The number of carbonyl (C=O) groups excluding carboxylic acids is 1. The van der Waals surface area contributed by atoms with Crippen molar-refractivity contribution in [3.05, 3.63) is 34.9 Å². The number of hydrogen-bond donors (Lipinski definition) is 1. The number of unbranched alkanes of at least 4 members (excludes halogenated alkanes) is 1. The average Bonchev–Trinajstić information content (AvgIpc) is 2.64. The summed E-state index contributed by atoms with van der Waals surface area (Å²) in [5.41, 5.74) is 1.09. The van der Waals surface area contributed by atoms with Crippen LogP contribution in [0.25, 0.3) is 0 Å². The zero-order chi connectivity index (χ0) is 13.1. The molecule has 1 aromatic carbocycles. The van der Waals surface area contributed by atoms with E-state index in [1.165, 1.54) is 0 Å². The lowest BCUT2D eigenvalue weighted by Crippen LogP contribution is -2.31. The highest BCUT2D eigenvalue weighted by atomic mass is 35.5. The van der Waals surface area contributed by atoms with Crippen LogP contribution in [0, 0.1) is 0 Å². The molecule has 2 rings (SSSR count). The molecular weight excluding hydrogens is 248 g/mol. The van der Waals surface area contributed by atoms with Crippen molar-refractivity contribution >= 4 is 17.5 Å². The molecule has 0 aromatic heterocycles. The van der Waals surface area contributed by atoms with E-state index in [9.17, 15) is 4.79 Å². The van der Waals surface area contributed by atoms with Gasteiger partial charge in [0.25, 0.3) is 0 Å². The summed E-state index contributed by atoms with van der Waals surface area (Å²) in [7, 11) is 0. The lowest BCUT2D eigenvalue weighted by atomic mass is 10.1. The van der Waals surface area contributed by atoms with Crippen molar-refractivity contribution in [3.8, 4) is 0 Å². The van der Waals surface area contributed by atoms with Gasteiger partial charge >= 0.3 is 0 Å². The van der Waals surface area contributed by atoms with Gasteiger partial charge in [-0.1, -0.05) is 37.1 Å².